The van der Waals surface area contributed by atoms with Crippen LogP contribution in [0.15, 0.2) is 58.4 Å². The van der Waals surface area contributed by atoms with Crippen LogP contribution in [0.3, 0.4) is 0 Å². The van der Waals surface area contributed by atoms with Crippen molar-refractivity contribution in [3.05, 3.63) is 59.9 Å². The van der Waals surface area contributed by atoms with Gasteiger partial charge in [0, 0.05) is 48.8 Å². The molecule has 1 unspecified atom stereocenters. The number of hydrogen-bond donors (Lipinski definition) is 3. The van der Waals surface area contributed by atoms with E-state index >= 15 is 0 Å². The molecule has 0 radical (unpaired) electrons. The van der Waals surface area contributed by atoms with Crippen LogP contribution in [0.4, 0.5) is 10.1 Å². The molecule has 1 aliphatic heterocycles. The summed E-state index contributed by atoms with van der Waals surface area (Å²) in [4.78, 5) is 16.8. The molecule has 1 atom stereocenters. The third-order valence-corrected chi connectivity index (χ3v) is 5.39. The fourth-order valence-electron chi connectivity index (χ4n) is 3.02. The highest BCUT2D eigenvalue weighted by Gasteiger charge is 2.24. The van der Waals surface area contributed by atoms with Gasteiger partial charge in [0.2, 0.25) is 5.91 Å². The number of hydrogen-bond acceptors (Lipinski definition) is 3. The molecule has 0 saturated carbocycles. The molecule has 0 aliphatic carbocycles. The van der Waals surface area contributed by atoms with Crippen LogP contribution in [-0.2, 0) is 4.79 Å². The average molecular weight is 386 g/mol. The van der Waals surface area contributed by atoms with Crippen LogP contribution < -0.4 is 16.0 Å². The molecular formula is C20H23FN4OS. The Kier molecular flexibility index (Phi) is 6.70. The van der Waals surface area contributed by atoms with Gasteiger partial charge in [-0.05, 0) is 23.8 Å². The second-order valence-electron chi connectivity index (χ2n) is 6.20. The fraction of sp³-hybridized carbons (Fsp3) is 0.300. The van der Waals surface area contributed by atoms with E-state index in [0.29, 0.717) is 30.4 Å². The third-order valence-electron chi connectivity index (χ3n) is 4.33. The molecule has 3 rings (SSSR count). The normalized spacial score (nSPS) is 16.4. The molecule has 7 heteroatoms. The zero-order chi connectivity index (χ0) is 19.1. The van der Waals surface area contributed by atoms with Gasteiger partial charge in [-0.1, -0.05) is 30.3 Å². The van der Waals surface area contributed by atoms with Gasteiger partial charge < -0.3 is 16.0 Å². The monoisotopic (exact) mass is 386 g/mol. The van der Waals surface area contributed by atoms with Crippen LogP contribution in [0.5, 0.6) is 0 Å². The summed E-state index contributed by atoms with van der Waals surface area (Å²) < 4.78 is 13.6. The number of thioether (sulfide) groups is 1. The number of guanidine groups is 1. The van der Waals surface area contributed by atoms with Gasteiger partial charge in [-0.2, -0.15) is 0 Å². The summed E-state index contributed by atoms with van der Waals surface area (Å²) in [6, 6.07) is 14.6. The first kappa shape index (κ1) is 19.2. The molecule has 3 N–H and O–H groups in total. The van der Waals surface area contributed by atoms with Crippen LogP contribution in [-0.4, -0.2) is 37.8 Å². The maximum Gasteiger partial charge on any atom is 0.225 e. The highest BCUT2D eigenvalue weighted by Crippen LogP contribution is 2.31. The number of benzene rings is 2. The number of carbonyl (C=O) groups excluding carboxylic acids is 1. The van der Waals surface area contributed by atoms with Gasteiger partial charge in [-0.3, -0.25) is 9.79 Å². The minimum absolute atomic E-state index is 0.0322. The molecule has 27 heavy (non-hydrogen) atoms. The van der Waals surface area contributed by atoms with Gasteiger partial charge in [0.05, 0.1) is 0 Å². The van der Waals surface area contributed by atoms with E-state index in [0.717, 1.165) is 17.0 Å². The van der Waals surface area contributed by atoms with Crippen LogP contribution >= 0.6 is 11.8 Å². The summed E-state index contributed by atoms with van der Waals surface area (Å²) in [7, 11) is 1.71. The maximum absolute atomic E-state index is 13.6. The van der Waals surface area contributed by atoms with Gasteiger partial charge in [0.15, 0.2) is 5.96 Å². The van der Waals surface area contributed by atoms with E-state index in [2.05, 4.69) is 20.9 Å². The molecule has 0 aromatic heterocycles. The molecule has 1 amide bonds. The minimum Gasteiger partial charge on any atom is -0.356 e. The zero-order valence-electron chi connectivity index (χ0n) is 15.2. The summed E-state index contributed by atoms with van der Waals surface area (Å²) in [5.74, 6) is 1.33. The second-order valence-corrected chi connectivity index (χ2v) is 7.33. The molecule has 2 aromatic carbocycles. The Bertz CT molecular complexity index is 827. The number of anilines is 1. The Hall–Kier alpha value is -2.54. The number of fused-ring (bicyclic) bond motifs is 1. The van der Waals surface area contributed by atoms with E-state index in [-0.39, 0.29) is 17.6 Å². The van der Waals surface area contributed by atoms with Crippen LogP contribution in [0.2, 0.25) is 0 Å². The van der Waals surface area contributed by atoms with Crippen molar-refractivity contribution in [1.82, 2.24) is 10.6 Å². The molecule has 0 fully saturated rings. The molecule has 2 aromatic rings. The molecule has 142 valence electrons. The van der Waals surface area contributed by atoms with Crippen molar-refractivity contribution in [2.24, 2.45) is 4.99 Å². The smallest absolute Gasteiger partial charge is 0.225 e. The average Bonchev–Trinajstić information content (AvgIpc) is 2.68. The number of nitrogens with one attached hydrogen (secondary N) is 3. The maximum atomic E-state index is 13.6. The predicted molar refractivity (Wildman–Crippen MR) is 109 cm³/mol. The summed E-state index contributed by atoms with van der Waals surface area (Å²) in [6.45, 7) is 1.27. The zero-order valence-corrected chi connectivity index (χ0v) is 16.0. The first-order valence-corrected chi connectivity index (χ1v) is 9.86. The summed E-state index contributed by atoms with van der Waals surface area (Å²) in [5.41, 5.74) is 2.01. The van der Waals surface area contributed by atoms with Crippen molar-refractivity contribution in [3.63, 3.8) is 0 Å². The number of nitrogens with zero attached hydrogens (tertiary/aromatic N) is 1. The van der Waals surface area contributed by atoms with Gasteiger partial charge in [0.25, 0.3) is 0 Å². The van der Waals surface area contributed by atoms with E-state index in [9.17, 15) is 9.18 Å². The van der Waals surface area contributed by atoms with E-state index in [1.54, 1.807) is 19.2 Å². The Morgan fingerprint density at radius 2 is 2.00 bits per heavy atom. The van der Waals surface area contributed by atoms with Gasteiger partial charge in [0.1, 0.15) is 5.82 Å². The number of para-hydroxylation sites is 1. The molecule has 1 heterocycles. The Morgan fingerprint density at radius 3 is 2.81 bits per heavy atom. The second kappa shape index (κ2) is 9.41. The number of rotatable bonds is 6. The van der Waals surface area contributed by atoms with E-state index in [1.165, 1.54) is 17.8 Å². The largest absolute Gasteiger partial charge is 0.356 e. The minimum atomic E-state index is -0.195. The number of aliphatic imine (C=N–C) groups is 1. The van der Waals surface area contributed by atoms with Crippen molar-refractivity contribution in [3.8, 4) is 0 Å². The van der Waals surface area contributed by atoms with Crippen LogP contribution in [0.25, 0.3) is 0 Å². The summed E-state index contributed by atoms with van der Waals surface area (Å²) >= 11 is 1.46. The lowest BCUT2D eigenvalue weighted by Crippen LogP contribution is -2.41. The number of amides is 1. The Balaban J connectivity index is 1.47. The van der Waals surface area contributed by atoms with Crippen LogP contribution in [0, 0.1) is 5.82 Å². The highest BCUT2D eigenvalue weighted by atomic mass is 32.2. The lowest BCUT2D eigenvalue weighted by molar-refractivity contribution is -0.116. The highest BCUT2D eigenvalue weighted by molar-refractivity contribution is 7.99. The van der Waals surface area contributed by atoms with Crippen molar-refractivity contribution in [2.45, 2.75) is 17.2 Å². The third kappa shape index (κ3) is 5.23. The van der Waals surface area contributed by atoms with Crippen molar-refractivity contribution in [2.75, 3.05) is 31.2 Å². The van der Waals surface area contributed by atoms with Crippen LogP contribution in [0.1, 0.15) is 17.9 Å². The number of halogens is 1. The molecule has 1 aliphatic rings. The van der Waals surface area contributed by atoms with Crippen molar-refractivity contribution in [1.29, 1.82) is 0 Å². The summed E-state index contributed by atoms with van der Waals surface area (Å²) in [6.07, 6.45) is 0.449. The van der Waals surface area contributed by atoms with Gasteiger partial charge in [-0.25, -0.2) is 4.39 Å². The Labute approximate surface area is 162 Å². The topological polar surface area (TPSA) is 65.5 Å². The summed E-state index contributed by atoms with van der Waals surface area (Å²) in [5, 5.41) is 9.42. The van der Waals surface area contributed by atoms with E-state index < -0.39 is 0 Å². The van der Waals surface area contributed by atoms with Crippen molar-refractivity contribution >= 4 is 29.3 Å². The number of carbonyl (C=O) groups is 1. The molecule has 0 saturated heterocycles. The SMILES string of the molecule is CN=C(NCCSc1ccccc1F)NCC1CC(=O)Nc2ccccc21. The van der Waals surface area contributed by atoms with E-state index in [1.807, 2.05) is 30.3 Å². The standard InChI is InChI=1S/C20H23FN4OS/c1-22-20(23-10-11-27-18-9-5-3-7-16(18)21)24-13-14-12-19(26)25-17-8-4-2-6-15(14)17/h2-9,14H,10-13H2,1H3,(H,25,26)(H2,22,23,24). The lowest BCUT2D eigenvalue weighted by atomic mass is 9.90. The fourth-order valence-corrected chi connectivity index (χ4v) is 3.82. The lowest BCUT2D eigenvalue weighted by Gasteiger charge is -2.26. The molecule has 0 bridgehead atoms. The van der Waals surface area contributed by atoms with E-state index in [4.69, 9.17) is 0 Å². The quantitative estimate of drug-likeness (QED) is 0.309. The molecular weight excluding hydrogens is 363 g/mol. The van der Waals surface area contributed by atoms with Crippen molar-refractivity contribution < 1.29 is 9.18 Å². The first-order valence-electron chi connectivity index (χ1n) is 8.88. The van der Waals surface area contributed by atoms with Gasteiger partial charge >= 0.3 is 0 Å². The molecule has 5 nitrogen and oxygen atoms in total. The van der Waals surface area contributed by atoms with Gasteiger partial charge in [-0.15, -0.1) is 11.8 Å². The Morgan fingerprint density at radius 1 is 1.22 bits per heavy atom. The predicted octanol–water partition coefficient (Wildman–Crippen LogP) is 3.21. The molecule has 0 spiro atoms. The first-order chi connectivity index (χ1) is 13.2.